The maximum absolute atomic E-state index is 9.78. The fourth-order valence-corrected chi connectivity index (χ4v) is 2.38. The van der Waals surface area contributed by atoms with Crippen molar-refractivity contribution in [1.82, 2.24) is 9.55 Å². The predicted molar refractivity (Wildman–Crippen MR) is 81.7 cm³/mol. The minimum absolute atomic E-state index is 0.342. The number of hydrogen-bond acceptors (Lipinski definition) is 3. The van der Waals surface area contributed by atoms with E-state index >= 15 is 0 Å². The van der Waals surface area contributed by atoms with Gasteiger partial charge in [0.25, 0.3) is 0 Å². The number of imidazole rings is 1. The Kier molecular flexibility index (Phi) is 4.83. The summed E-state index contributed by atoms with van der Waals surface area (Å²) in [5.41, 5.74) is 1.79. The highest BCUT2D eigenvalue weighted by Crippen LogP contribution is 2.29. The van der Waals surface area contributed by atoms with Crippen molar-refractivity contribution >= 4 is 15.9 Å². The number of halogens is 1. The lowest BCUT2D eigenvalue weighted by atomic mass is 10.1. The number of aliphatic hydroxyl groups is 1. The normalized spacial score (nSPS) is 12.7. The Bertz CT molecular complexity index is 579. The predicted octanol–water partition coefficient (Wildman–Crippen LogP) is 3.86. The van der Waals surface area contributed by atoms with E-state index in [9.17, 15) is 5.11 Å². The van der Waals surface area contributed by atoms with E-state index in [0.717, 1.165) is 15.7 Å². The molecule has 1 aromatic heterocycles. The summed E-state index contributed by atoms with van der Waals surface area (Å²) < 4.78 is 8.86. The summed E-state index contributed by atoms with van der Waals surface area (Å²) in [6.07, 6.45) is 3.05. The summed E-state index contributed by atoms with van der Waals surface area (Å²) in [6.45, 7) is 6.36. The molecule has 0 spiro atoms. The second-order valence-corrected chi connectivity index (χ2v) is 5.95. The third-order valence-electron chi connectivity index (χ3n) is 3.10. The Hall–Kier alpha value is -1.33. The molecular formula is C15H19BrN2O2. The Morgan fingerprint density at radius 2 is 2.10 bits per heavy atom. The minimum Gasteiger partial charge on any atom is -0.487 e. The molecule has 1 atom stereocenters. The van der Waals surface area contributed by atoms with E-state index in [1.165, 1.54) is 0 Å². The summed E-state index contributed by atoms with van der Waals surface area (Å²) >= 11 is 3.42. The van der Waals surface area contributed by atoms with Crippen molar-refractivity contribution in [2.75, 3.05) is 0 Å². The summed E-state index contributed by atoms with van der Waals surface area (Å²) in [4.78, 5) is 4.16. The molecule has 5 heteroatoms. The van der Waals surface area contributed by atoms with E-state index in [1.807, 2.05) is 18.2 Å². The third kappa shape index (κ3) is 3.41. The average molecular weight is 339 g/mol. The molecule has 0 radical (unpaired) electrons. The van der Waals surface area contributed by atoms with Gasteiger partial charge in [0.05, 0.1) is 24.3 Å². The molecule has 20 heavy (non-hydrogen) atoms. The van der Waals surface area contributed by atoms with Crippen molar-refractivity contribution in [2.45, 2.75) is 39.5 Å². The molecule has 0 saturated heterocycles. The molecule has 108 valence electrons. The van der Waals surface area contributed by atoms with Crippen molar-refractivity contribution in [1.29, 1.82) is 0 Å². The molecule has 0 amide bonds. The molecule has 1 unspecified atom stereocenters. The Labute approximate surface area is 127 Å². The Morgan fingerprint density at radius 3 is 2.75 bits per heavy atom. The molecule has 0 fully saturated rings. The minimum atomic E-state index is -0.562. The van der Waals surface area contributed by atoms with Crippen LogP contribution in [-0.2, 0) is 6.61 Å². The first kappa shape index (κ1) is 15.1. The number of hydrogen-bond donors (Lipinski definition) is 1. The van der Waals surface area contributed by atoms with Gasteiger partial charge in [0.15, 0.2) is 0 Å². The standard InChI is InChI=1S/C15H19BrN2O2/c1-10(2)18-9-17-7-13(18)8-20-15-6-12(16)4-5-14(15)11(3)19/h4-7,9-11,19H,8H2,1-3H3. The third-order valence-corrected chi connectivity index (χ3v) is 3.60. The van der Waals surface area contributed by atoms with Gasteiger partial charge in [-0.3, -0.25) is 0 Å². The largest absolute Gasteiger partial charge is 0.487 e. The molecule has 0 bridgehead atoms. The van der Waals surface area contributed by atoms with Gasteiger partial charge in [0, 0.05) is 16.1 Å². The SMILES string of the molecule is CC(O)c1ccc(Br)cc1OCc1cncn1C(C)C. The average Bonchev–Trinajstić information content (AvgIpc) is 2.84. The van der Waals surface area contributed by atoms with Crippen LogP contribution >= 0.6 is 15.9 Å². The fraction of sp³-hybridized carbons (Fsp3) is 0.400. The van der Waals surface area contributed by atoms with Gasteiger partial charge in [-0.25, -0.2) is 4.98 Å². The molecule has 1 N–H and O–H groups in total. The molecule has 2 rings (SSSR count). The molecule has 0 saturated carbocycles. The van der Waals surface area contributed by atoms with Crippen LogP contribution < -0.4 is 4.74 Å². The van der Waals surface area contributed by atoms with Crippen molar-refractivity contribution in [2.24, 2.45) is 0 Å². The first-order valence-corrected chi connectivity index (χ1v) is 7.39. The van der Waals surface area contributed by atoms with Gasteiger partial charge in [-0.2, -0.15) is 0 Å². The van der Waals surface area contributed by atoms with Crippen LogP contribution in [0.4, 0.5) is 0 Å². The van der Waals surface area contributed by atoms with Gasteiger partial charge in [0.1, 0.15) is 12.4 Å². The second kappa shape index (κ2) is 6.41. The summed E-state index contributed by atoms with van der Waals surface area (Å²) in [5, 5.41) is 9.78. The molecule has 1 aromatic carbocycles. The Balaban J connectivity index is 2.18. The second-order valence-electron chi connectivity index (χ2n) is 5.03. The van der Waals surface area contributed by atoms with Gasteiger partial charge < -0.3 is 14.4 Å². The fourth-order valence-electron chi connectivity index (χ4n) is 2.04. The summed E-state index contributed by atoms with van der Waals surface area (Å²) in [5.74, 6) is 0.686. The van der Waals surface area contributed by atoms with Crippen molar-refractivity contribution in [3.05, 3.63) is 46.5 Å². The molecule has 0 aliphatic carbocycles. The van der Waals surface area contributed by atoms with Crippen molar-refractivity contribution in [3.63, 3.8) is 0 Å². The molecule has 0 aliphatic rings. The lowest BCUT2D eigenvalue weighted by Gasteiger charge is -2.16. The molecule has 0 aliphatic heterocycles. The number of rotatable bonds is 5. The highest BCUT2D eigenvalue weighted by molar-refractivity contribution is 9.10. The van der Waals surface area contributed by atoms with Crippen LogP contribution in [0.1, 0.15) is 44.2 Å². The summed E-state index contributed by atoms with van der Waals surface area (Å²) in [6, 6.07) is 5.98. The van der Waals surface area contributed by atoms with Crippen LogP contribution in [0.25, 0.3) is 0 Å². The Morgan fingerprint density at radius 1 is 1.35 bits per heavy atom. The van der Waals surface area contributed by atoms with Gasteiger partial charge >= 0.3 is 0 Å². The van der Waals surface area contributed by atoms with E-state index in [2.05, 4.69) is 39.3 Å². The van der Waals surface area contributed by atoms with Crippen LogP contribution in [0.2, 0.25) is 0 Å². The first-order valence-electron chi connectivity index (χ1n) is 6.60. The van der Waals surface area contributed by atoms with Crippen LogP contribution in [0.5, 0.6) is 5.75 Å². The molecule has 1 heterocycles. The van der Waals surface area contributed by atoms with Crippen LogP contribution in [0.3, 0.4) is 0 Å². The highest BCUT2D eigenvalue weighted by Gasteiger charge is 2.12. The molecular weight excluding hydrogens is 320 g/mol. The number of nitrogens with zero attached hydrogens (tertiary/aromatic N) is 2. The van der Waals surface area contributed by atoms with Crippen molar-refractivity contribution in [3.8, 4) is 5.75 Å². The molecule has 4 nitrogen and oxygen atoms in total. The monoisotopic (exact) mass is 338 g/mol. The van der Waals surface area contributed by atoms with Gasteiger partial charge in [-0.1, -0.05) is 22.0 Å². The quantitative estimate of drug-likeness (QED) is 0.900. The van der Waals surface area contributed by atoms with Gasteiger partial charge in [-0.15, -0.1) is 0 Å². The summed E-state index contributed by atoms with van der Waals surface area (Å²) in [7, 11) is 0. The number of benzene rings is 1. The van der Waals surface area contributed by atoms with Crippen LogP contribution in [-0.4, -0.2) is 14.7 Å². The van der Waals surface area contributed by atoms with E-state index in [4.69, 9.17) is 4.74 Å². The number of ether oxygens (including phenoxy) is 1. The zero-order valence-electron chi connectivity index (χ0n) is 11.9. The molecule has 2 aromatic rings. The topological polar surface area (TPSA) is 47.3 Å². The zero-order valence-corrected chi connectivity index (χ0v) is 13.5. The smallest absolute Gasteiger partial charge is 0.130 e. The zero-order chi connectivity index (χ0) is 14.7. The lowest BCUT2D eigenvalue weighted by molar-refractivity contribution is 0.189. The van der Waals surface area contributed by atoms with Crippen LogP contribution in [0.15, 0.2) is 35.2 Å². The van der Waals surface area contributed by atoms with E-state index in [-0.39, 0.29) is 0 Å². The number of aromatic nitrogens is 2. The van der Waals surface area contributed by atoms with Gasteiger partial charge in [-0.05, 0) is 32.9 Å². The van der Waals surface area contributed by atoms with E-state index in [1.54, 1.807) is 19.4 Å². The highest BCUT2D eigenvalue weighted by atomic mass is 79.9. The number of aliphatic hydroxyl groups excluding tert-OH is 1. The van der Waals surface area contributed by atoms with Gasteiger partial charge in [0.2, 0.25) is 0 Å². The van der Waals surface area contributed by atoms with Crippen molar-refractivity contribution < 1.29 is 9.84 Å². The maximum atomic E-state index is 9.78. The lowest BCUT2D eigenvalue weighted by Crippen LogP contribution is -2.08. The van der Waals surface area contributed by atoms with E-state index in [0.29, 0.717) is 18.4 Å². The maximum Gasteiger partial charge on any atom is 0.130 e. The van der Waals surface area contributed by atoms with Crippen LogP contribution in [0, 0.1) is 0 Å². The van der Waals surface area contributed by atoms with E-state index < -0.39 is 6.10 Å². The first-order chi connectivity index (χ1) is 9.49.